The lowest BCUT2D eigenvalue weighted by Crippen LogP contribution is -2.07. The van der Waals surface area contributed by atoms with E-state index >= 15 is 0 Å². The highest BCUT2D eigenvalue weighted by atomic mass is 79.9. The van der Waals surface area contributed by atoms with Crippen LogP contribution in [0, 0.1) is 0 Å². The molecular weight excluding hydrogens is 356 g/mol. The molecule has 0 atom stereocenters. The third-order valence-corrected chi connectivity index (χ3v) is 4.12. The maximum Gasteiger partial charge on any atom is 0.350 e. The first kappa shape index (κ1) is 13.9. The van der Waals surface area contributed by atoms with Crippen LogP contribution in [-0.4, -0.2) is 26.2 Å². The van der Waals surface area contributed by atoms with Gasteiger partial charge in [-0.1, -0.05) is 28.1 Å². The van der Waals surface area contributed by atoms with Gasteiger partial charge in [0.2, 0.25) is 0 Å². The van der Waals surface area contributed by atoms with Gasteiger partial charge in [0.1, 0.15) is 17.8 Å². The van der Waals surface area contributed by atoms with Gasteiger partial charge in [0.15, 0.2) is 0 Å². The van der Waals surface area contributed by atoms with Gasteiger partial charge in [0, 0.05) is 4.47 Å². The van der Waals surface area contributed by atoms with Crippen molar-refractivity contribution in [3.05, 3.63) is 57.0 Å². The van der Waals surface area contributed by atoms with Crippen LogP contribution < -0.4 is 0 Å². The van der Waals surface area contributed by atoms with Crippen molar-refractivity contribution in [3.63, 3.8) is 0 Å². The van der Waals surface area contributed by atoms with E-state index in [0.29, 0.717) is 10.6 Å². The lowest BCUT2D eigenvalue weighted by molar-refractivity contribution is 0.0478. The Morgan fingerprint density at radius 3 is 2.81 bits per heavy atom. The fraction of sp³-hybridized carbons (Fsp3) is 0.0769. The van der Waals surface area contributed by atoms with Crippen molar-refractivity contribution in [2.45, 2.75) is 6.61 Å². The number of carbonyl (C=O) groups is 1. The van der Waals surface area contributed by atoms with Gasteiger partial charge in [-0.2, -0.15) is 4.68 Å². The summed E-state index contributed by atoms with van der Waals surface area (Å²) in [7, 11) is 0. The molecule has 6 nitrogen and oxygen atoms in total. The number of nitrogens with zero attached hydrogens (tertiary/aromatic N) is 4. The van der Waals surface area contributed by atoms with E-state index in [2.05, 4.69) is 31.5 Å². The smallest absolute Gasteiger partial charge is 0.350 e. The molecule has 0 amide bonds. The summed E-state index contributed by atoms with van der Waals surface area (Å²) in [5, 5.41) is 12.7. The highest BCUT2D eigenvalue weighted by Crippen LogP contribution is 2.21. The molecule has 0 aliphatic rings. The van der Waals surface area contributed by atoms with E-state index in [1.807, 2.05) is 24.3 Å². The van der Waals surface area contributed by atoms with Crippen molar-refractivity contribution in [1.82, 2.24) is 20.2 Å². The number of benzene rings is 1. The zero-order chi connectivity index (χ0) is 14.7. The Bertz CT molecular complexity index is 740. The topological polar surface area (TPSA) is 69.9 Å². The van der Waals surface area contributed by atoms with Crippen LogP contribution in [0.3, 0.4) is 0 Å². The fourth-order valence-electron chi connectivity index (χ4n) is 1.70. The number of carbonyl (C=O) groups excluding carboxylic acids is 1. The molecule has 0 radical (unpaired) electrons. The normalized spacial score (nSPS) is 10.5. The summed E-state index contributed by atoms with van der Waals surface area (Å²) in [6.45, 7) is 0.221. The van der Waals surface area contributed by atoms with E-state index in [-0.39, 0.29) is 6.61 Å². The summed E-state index contributed by atoms with van der Waals surface area (Å²) < 4.78 is 7.75. The molecule has 8 heteroatoms. The summed E-state index contributed by atoms with van der Waals surface area (Å²) in [6, 6.07) is 9.38. The molecule has 0 saturated heterocycles. The molecule has 3 aromatic rings. The Morgan fingerprint density at radius 2 is 2.10 bits per heavy atom. The molecule has 0 unspecified atom stereocenters. The van der Waals surface area contributed by atoms with Crippen LogP contribution in [0.4, 0.5) is 0 Å². The number of aromatic nitrogens is 4. The highest BCUT2D eigenvalue weighted by Gasteiger charge is 2.17. The first-order valence-electron chi connectivity index (χ1n) is 5.96. The number of thiophene rings is 1. The van der Waals surface area contributed by atoms with Crippen molar-refractivity contribution >= 4 is 33.2 Å². The van der Waals surface area contributed by atoms with E-state index in [0.717, 1.165) is 10.0 Å². The van der Waals surface area contributed by atoms with Crippen molar-refractivity contribution in [3.8, 4) is 5.69 Å². The van der Waals surface area contributed by atoms with Crippen molar-refractivity contribution in [1.29, 1.82) is 0 Å². The predicted molar refractivity (Wildman–Crippen MR) is 80.3 cm³/mol. The lowest BCUT2D eigenvalue weighted by Gasteiger charge is -2.05. The first-order valence-corrected chi connectivity index (χ1v) is 7.64. The standard InChI is InChI=1S/C13H9BrN4O2S/c14-10-3-1-9(2-4-10)7-20-13(19)12-11(5-6-21-12)18-8-15-16-17-18/h1-6,8H,7H2. The zero-order valence-corrected chi connectivity index (χ0v) is 13.0. The number of hydrogen-bond acceptors (Lipinski definition) is 6. The van der Waals surface area contributed by atoms with Crippen LogP contribution in [0.1, 0.15) is 15.2 Å². The second-order valence-corrected chi connectivity index (χ2v) is 5.92. The number of tetrazole rings is 1. The Morgan fingerprint density at radius 1 is 1.29 bits per heavy atom. The van der Waals surface area contributed by atoms with Gasteiger partial charge in [-0.25, -0.2) is 4.79 Å². The summed E-state index contributed by atoms with van der Waals surface area (Å²) in [5.74, 6) is -0.390. The molecule has 3 rings (SSSR count). The van der Waals surface area contributed by atoms with Crippen LogP contribution >= 0.6 is 27.3 Å². The number of rotatable bonds is 4. The van der Waals surface area contributed by atoms with Gasteiger partial charge in [-0.05, 0) is 39.6 Å². The van der Waals surface area contributed by atoms with Crippen LogP contribution in [0.15, 0.2) is 46.5 Å². The predicted octanol–water partition coefficient (Wildman–Crippen LogP) is 2.84. The number of ether oxygens (including phenoxy) is 1. The molecule has 2 aromatic heterocycles. The monoisotopic (exact) mass is 364 g/mol. The average Bonchev–Trinajstić information content (AvgIpc) is 3.16. The summed E-state index contributed by atoms with van der Waals surface area (Å²) in [6.07, 6.45) is 1.44. The van der Waals surface area contributed by atoms with Gasteiger partial charge in [-0.3, -0.25) is 0 Å². The van der Waals surface area contributed by atoms with E-state index in [9.17, 15) is 4.79 Å². The van der Waals surface area contributed by atoms with Gasteiger partial charge < -0.3 is 4.74 Å². The first-order chi connectivity index (χ1) is 10.2. The minimum atomic E-state index is -0.390. The van der Waals surface area contributed by atoms with Gasteiger partial charge in [0.25, 0.3) is 0 Å². The summed E-state index contributed by atoms with van der Waals surface area (Å²) in [5.41, 5.74) is 1.54. The number of hydrogen-bond donors (Lipinski definition) is 0. The fourth-order valence-corrected chi connectivity index (χ4v) is 2.74. The third kappa shape index (κ3) is 3.17. The third-order valence-electron chi connectivity index (χ3n) is 2.71. The Hall–Kier alpha value is -2.06. The van der Waals surface area contributed by atoms with Gasteiger partial charge in [0.05, 0.1) is 5.69 Å². The van der Waals surface area contributed by atoms with Crippen molar-refractivity contribution in [2.75, 3.05) is 0 Å². The average molecular weight is 365 g/mol. The van der Waals surface area contributed by atoms with Gasteiger partial charge >= 0.3 is 5.97 Å². The molecule has 0 spiro atoms. The Balaban J connectivity index is 1.72. The van der Waals surface area contributed by atoms with E-state index in [1.54, 1.807) is 11.4 Å². The summed E-state index contributed by atoms with van der Waals surface area (Å²) in [4.78, 5) is 12.6. The van der Waals surface area contributed by atoms with E-state index < -0.39 is 5.97 Å². The lowest BCUT2D eigenvalue weighted by atomic mass is 10.2. The SMILES string of the molecule is O=C(OCc1ccc(Br)cc1)c1sccc1-n1cnnn1. The Kier molecular flexibility index (Phi) is 4.07. The number of esters is 1. The molecule has 0 aliphatic carbocycles. The van der Waals surface area contributed by atoms with Crippen LogP contribution in [0.25, 0.3) is 5.69 Å². The highest BCUT2D eigenvalue weighted by molar-refractivity contribution is 9.10. The molecule has 2 heterocycles. The van der Waals surface area contributed by atoms with Crippen LogP contribution in [-0.2, 0) is 11.3 Å². The number of halogens is 1. The molecule has 0 aliphatic heterocycles. The summed E-state index contributed by atoms with van der Waals surface area (Å²) >= 11 is 4.66. The Labute approximate surface area is 132 Å². The van der Waals surface area contributed by atoms with E-state index in [4.69, 9.17) is 4.74 Å². The van der Waals surface area contributed by atoms with Crippen LogP contribution in [0.5, 0.6) is 0 Å². The van der Waals surface area contributed by atoms with Crippen molar-refractivity contribution < 1.29 is 9.53 Å². The minimum absolute atomic E-state index is 0.221. The largest absolute Gasteiger partial charge is 0.457 e. The second kappa shape index (κ2) is 6.15. The molecule has 1 aromatic carbocycles. The van der Waals surface area contributed by atoms with Gasteiger partial charge in [-0.15, -0.1) is 16.4 Å². The van der Waals surface area contributed by atoms with Crippen molar-refractivity contribution in [2.24, 2.45) is 0 Å². The van der Waals surface area contributed by atoms with E-state index in [1.165, 1.54) is 22.3 Å². The maximum atomic E-state index is 12.2. The molecule has 0 fully saturated rings. The molecule has 0 bridgehead atoms. The zero-order valence-electron chi connectivity index (χ0n) is 10.6. The van der Waals surface area contributed by atoms with Crippen LogP contribution in [0.2, 0.25) is 0 Å². The second-order valence-electron chi connectivity index (χ2n) is 4.09. The minimum Gasteiger partial charge on any atom is -0.457 e. The molecule has 21 heavy (non-hydrogen) atoms. The molecule has 0 saturated carbocycles. The molecular formula is C13H9BrN4O2S. The maximum absolute atomic E-state index is 12.2. The quantitative estimate of drug-likeness (QED) is 0.665. The molecule has 0 N–H and O–H groups in total. The molecule has 106 valence electrons.